The number of carbonyl (C=O) groups is 1. The summed E-state index contributed by atoms with van der Waals surface area (Å²) in [6.45, 7) is 8.02. The van der Waals surface area contributed by atoms with Gasteiger partial charge in [0.1, 0.15) is 0 Å². The zero-order chi connectivity index (χ0) is 14.3. The molecular formula is C17H21NO. The molecule has 0 saturated heterocycles. The van der Waals surface area contributed by atoms with E-state index in [4.69, 9.17) is 0 Å². The lowest BCUT2D eigenvalue weighted by molar-refractivity contribution is 0.102. The zero-order valence-electron chi connectivity index (χ0n) is 12.0. The van der Waals surface area contributed by atoms with Crippen molar-refractivity contribution in [3.05, 3.63) is 65.2 Å². The minimum atomic E-state index is -0.0751. The van der Waals surface area contributed by atoms with Gasteiger partial charge in [-0.25, -0.2) is 0 Å². The van der Waals surface area contributed by atoms with Gasteiger partial charge in [0, 0.05) is 11.3 Å². The average Bonchev–Trinajstić information content (AvgIpc) is 2.44. The van der Waals surface area contributed by atoms with E-state index < -0.39 is 0 Å². The summed E-state index contributed by atoms with van der Waals surface area (Å²) < 4.78 is 0. The van der Waals surface area contributed by atoms with Gasteiger partial charge in [-0.15, -0.1) is 0 Å². The van der Waals surface area contributed by atoms with Crippen LogP contribution in [0.4, 0.5) is 5.69 Å². The Morgan fingerprint density at radius 3 is 1.68 bits per heavy atom. The molecule has 2 aromatic rings. The van der Waals surface area contributed by atoms with E-state index in [1.54, 1.807) is 0 Å². The summed E-state index contributed by atoms with van der Waals surface area (Å²) in [5.41, 5.74) is 3.83. The molecule has 19 heavy (non-hydrogen) atoms. The van der Waals surface area contributed by atoms with Crippen LogP contribution in [-0.4, -0.2) is 5.91 Å². The number of nitrogens with one attached hydrogen (secondary N) is 1. The first kappa shape index (κ1) is 15.0. The molecule has 2 rings (SSSR count). The number of benzene rings is 2. The molecule has 1 N–H and O–H groups in total. The lowest BCUT2D eigenvalue weighted by atomic mass is 10.1. The number of anilines is 1. The van der Waals surface area contributed by atoms with Crippen molar-refractivity contribution < 1.29 is 4.79 Å². The minimum Gasteiger partial charge on any atom is -0.322 e. The monoisotopic (exact) mass is 255 g/mol. The number of rotatable bonds is 2. The van der Waals surface area contributed by atoms with Crippen LogP contribution >= 0.6 is 0 Å². The number of carbonyl (C=O) groups excluding carboxylic acids is 1. The Kier molecular flexibility index (Phi) is 5.80. The fraction of sp³-hybridized carbons (Fsp3) is 0.235. The van der Waals surface area contributed by atoms with Crippen molar-refractivity contribution in [3.63, 3.8) is 0 Å². The predicted octanol–water partition coefficient (Wildman–Crippen LogP) is 4.58. The first-order valence-corrected chi connectivity index (χ1v) is 6.60. The molecule has 100 valence electrons. The lowest BCUT2D eigenvalue weighted by Crippen LogP contribution is -2.11. The highest BCUT2D eigenvalue weighted by Crippen LogP contribution is 2.11. The fourth-order valence-electron chi connectivity index (χ4n) is 1.55. The minimum absolute atomic E-state index is 0.0751. The average molecular weight is 255 g/mol. The largest absolute Gasteiger partial charge is 0.322 e. The van der Waals surface area contributed by atoms with E-state index in [-0.39, 0.29) is 5.91 Å². The third-order valence-electron chi connectivity index (χ3n) is 2.62. The maximum absolute atomic E-state index is 11.9. The molecule has 0 radical (unpaired) electrons. The van der Waals surface area contributed by atoms with Gasteiger partial charge in [-0.1, -0.05) is 49.2 Å². The maximum atomic E-state index is 11.9. The van der Waals surface area contributed by atoms with Gasteiger partial charge in [0.25, 0.3) is 5.91 Å². The predicted molar refractivity (Wildman–Crippen MR) is 81.7 cm³/mol. The normalized spacial score (nSPS) is 9.26. The summed E-state index contributed by atoms with van der Waals surface area (Å²) in [5, 5.41) is 2.87. The molecule has 1 amide bonds. The fourth-order valence-corrected chi connectivity index (χ4v) is 1.55. The van der Waals surface area contributed by atoms with Crippen molar-refractivity contribution in [3.8, 4) is 0 Å². The number of hydrogen-bond acceptors (Lipinski definition) is 1. The molecule has 0 aliphatic rings. The van der Waals surface area contributed by atoms with Crippen molar-refractivity contribution >= 4 is 11.6 Å². The van der Waals surface area contributed by atoms with Crippen LogP contribution in [0, 0.1) is 13.8 Å². The van der Waals surface area contributed by atoms with Crippen LogP contribution in [0.2, 0.25) is 0 Å². The molecule has 0 unspecified atom stereocenters. The van der Waals surface area contributed by atoms with E-state index in [0.29, 0.717) is 5.56 Å². The van der Waals surface area contributed by atoms with Crippen molar-refractivity contribution in [1.82, 2.24) is 0 Å². The van der Waals surface area contributed by atoms with Crippen molar-refractivity contribution in [2.45, 2.75) is 27.7 Å². The standard InChI is InChI=1S/C15H15NO.C2H6/c1-11-3-7-13(8-4-11)15(17)16-14-9-5-12(2)6-10-14;1-2/h3-10H,1-2H3,(H,16,17);1-2H3. The van der Waals surface area contributed by atoms with Crippen molar-refractivity contribution in [1.29, 1.82) is 0 Å². The second-order valence-electron chi connectivity index (χ2n) is 4.19. The SMILES string of the molecule is CC.Cc1ccc(NC(=O)c2ccc(C)cc2)cc1. The van der Waals surface area contributed by atoms with E-state index >= 15 is 0 Å². The molecule has 0 atom stereocenters. The van der Waals surface area contributed by atoms with Crippen LogP contribution in [0.5, 0.6) is 0 Å². The van der Waals surface area contributed by atoms with E-state index in [1.807, 2.05) is 76.2 Å². The molecule has 0 heterocycles. The third kappa shape index (κ3) is 4.59. The highest BCUT2D eigenvalue weighted by Gasteiger charge is 2.04. The van der Waals surface area contributed by atoms with E-state index in [2.05, 4.69) is 5.32 Å². The Bertz CT molecular complexity index is 512. The Hall–Kier alpha value is -2.09. The second kappa shape index (κ2) is 7.37. The molecule has 0 aliphatic heterocycles. The first-order chi connectivity index (χ1) is 9.15. The molecular weight excluding hydrogens is 234 g/mol. The molecule has 0 bridgehead atoms. The summed E-state index contributed by atoms with van der Waals surface area (Å²) in [4.78, 5) is 11.9. The number of amides is 1. The Morgan fingerprint density at radius 1 is 0.789 bits per heavy atom. The van der Waals surface area contributed by atoms with Gasteiger partial charge < -0.3 is 5.32 Å². The van der Waals surface area contributed by atoms with Crippen LogP contribution in [-0.2, 0) is 0 Å². The quantitative estimate of drug-likeness (QED) is 0.836. The third-order valence-corrected chi connectivity index (χ3v) is 2.62. The summed E-state index contributed by atoms with van der Waals surface area (Å²) in [6.07, 6.45) is 0. The second-order valence-corrected chi connectivity index (χ2v) is 4.19. The van der Waals surface area contributed by atoms with Crippen molar-refractivity contribution in [2.75, 3.05) is 5.32 Å². The van der Waals surface area contributed by atoms with E-state index in [0.717, 1.165) is 11.3 Å². The van der Waals surface area contributed by atoms with Crippen LogP contribution in [0.3, 0.4) is 0 Å². The Morgan fingerprint density at radius 2 is 1.21 bits per heavy atom. The summed E-state index contributed by atoms with van der Waals surface area (Å²) in [6, 6.07) is 15.3. The van der Waals surface area contributed by atoms with Crippen LogP contribution < -0.4 is 5.32 Å². The van der Waals surface area contributed by atoms with E-state index in [1.165, 1.54) is 5.56 Å². The highest BCUT2D eigenvalue weighted by molar-refractivity contribution is 6.04. The Balaban J connectivity index is 0.000000861. The summed E-state index contributed by atoms with van der Waals surface area (Å²) in [5.74, 6) is -0.0751. The molecule has 0 spiro atoms. The van der Waals surface area contributed by atoms with Crippen LogP contribution in [0.15, 0.2) is 48.5 Å². The lowest BCUT2D eigenvalue weighted by Gasteiger charge is -2.05. The summed E-state index contributed by atoms with van der Waals surface area (Å²) >= 11 is 0. The summed E-state index contributed by atoms with van der Waals surface area (Å²) in [7, 11) is 0. The smallest absolute Gasteiger partial charge is 0.255 e. The number of aryl methyl sites for hydroxylation is 2. The van der Waals surface area contributed by atoms with Gasteiger partial charge in [0.2, 0.25) is 0 Å². The molecule has 2 heteroatoms. The molecule has 0 saturated carbocycles. The van der Waals surface area contributed by atoms with Crippen LogP contribution in [0.25, 0.3) is 0 Å². The molecule has 0 aromatic heterocycles. The van der Waals surface area contributed by atoms with Crippen LogP contribution in [0.1, 0.15) is 35.3 Å². The molecule has 2 aromatic carbocycles. The van der Waals surface area contributed by atoms with Gasteiger partial charge in [0.05, 0.1) is 0 Å². The van der Waals surface area contributed by atoms with Gasteiger partial charge in [-0.2, -0.15) is 0 Å². The molecule has 0 aliphatic carbocycles. The van der Waals surface area contributed by atoms with Gasteiger partial charge in [-0.3, -0.25) is 4.79 Å². The maximum Gasteiger partial charge on any atom is 0.255 e. The molecule has 2 nitrogen and oxygen atoms in total. The first-order valence-electron chi connectivity index (χ1n) is 6.60. The highest BCUT2D eigenvalue weighted by atomic mass is 16.1. The van der Waals surface area contributed by atoms with Gasteiger partial charge >= 0.3 is 0 Å². The zero-order valence-corrected chi connectivity index (χ0v) is 12.0. The number of hydrogen-bond donors (Lipinski definition) is 1. The Labute approximate surface area is 115 Å². The molecule has 0 fully saturated rings. The van der Waals surface area contributed by atoms with Gasteiger partial charge in [0.15, 0.2) is 0 Å². The van der Waals surface area contributed by atoms with Gasteiger partial charge in [-0.05, 0) is 38.1 Å². The van der Waals surface area contributed by atoms with E-state index in [9.17, 15) is 4.79 Å². The van der Waals surface area contributed by atoms with Crippen molar-refractivity contribution in [2.24, 2.45) is 0 Å². The topological polar surface area (TPSA) is 29.1 Å².